The summed E-state index contributed by atoms with van der Waals surface area (Å²) in [5.41, 5.74) is 8.34. The van der Waals surface area contributed by atoms with E-state index in [0.717, 1.165) is 87.9 Å². The van der Waals surface area contributed by atoms with Crippen molar-refractivity contribution in [2.45, 2.75) is 0 Å². The van der Waals surface area contributed by atoms with Gasteiger partial charge in [0.25, 0.3) is 0 Å². The van der Waals surface area contributed by atoms with Gasteiger partial charge in [-0.3, -0.25) is 0 Å². The lowest BCUT2D eigenvalue weighted by Crippen LogP contribution is -2.00. The molecule has 0 N–H and O–H groups in total. The van der Waals surface area contributed by atoms with Gasteiger partial charge in [0.05, 0.1) is 0 Å². The van der Waals surface area contributed by atoms with Gasteiger partial charge in [-0.2, -0.15) is 0 Å². The first-order chi connectivity index (χ1) is 27.2. The van der Waals surface area contributed by atoms with Gasteiger partial charge in [-0.1, -0.05) is 109 Å². The van der Waals surface area contributed by atoms with Crippen LogP contribution in [-0.4, -0.2) is 15.0 Å². The smallest absolute Gasteiger partial charge is 0.164 e. The highest BCUT2D eigenvalue weighted by atomic mass is 32.1. The number of nitrogens with zero attached hydrogens (tertiary/aromatic N) is 3. The van der Waals surface area contributed by atoms with Crippen molar-refractivity contribution in [1.82, 2.24) is 15.0 Å². The van der Waals surface area contributed by atoms with Crippen molar-refractivity contribution in [3.8, 4) is 45.3 Å². The van der Waals surface area contributed by atoms with Crippen LogP contribution in [0.2, 0.25) is 0 Å². The van der Waals surface area contributed by atoms with Crippen LogP contribution >= 0.6 is 11.3 Å². The molecule has 0 aliphatic rings. The van der Waals surface area contributed by atoms with Crippen LogP contribution in [0.25, 0.3) is 120 Å². The van der Waals surface area contributed by atoms with E-state index in [0.29, 0.717) is 17.5 Å². The number of fused-ring (bicyclic) bond motifs is 10. The van der Waals surface area contributed by atoms with Crippen LogP contribution in [-0.2, 0) is 0 Å². The van der Waals surface area contributed by atoms with Gasteiger partial charge in [0.1, 0.15) is 22.3 Å². The Morgan fingerprint density at radius 2 is 1.02 bits per heavy atom. The molecule has 0 amide bonds. The average molecular weight is 722 g/mol. The van der Waals surface area contributed by atoms with Gasteiger partial charge in [-0.05, 0) is 76.5 Å². The lowest BCUT2D eigenvalue weighted by molar-refractivity contribution is 0.669. The summed E-state index contributed by atoms with van der Waals surface area (Å²) in [5.74, 6) is 1.81. The number of benzene rings is 8. The maximum absolute atomic E-state index is 6.53. The van der Waals surface area contributed by atoms with Crippen LogP contribution in [0.3, 0.4) is 0 Å². The molecule has 0 saturated heterocycles. The second kappa shape index (κ2) is 11.7. The van der Waals surface area contributed by atoms with Crippen molar-refractivity contribution in [2.75, 3.05) is 0 Å². The largest absolute Gasteiger partial charge is 0.456 e. The standard InChI is InChI=1S/C49H27N3O2S/c1-2-10-28(11-3-1)30-22-23-34-41(26-30)54-40-17-8-14-36(45(34)40)48-50-47(51-49(52-48)37-15-9-19-44-46(37)35-13-5-7-18-43(35)55-44)31-21-20-29-25-38-33-12-4-6-16-39(33)53-42(38)27-32(29)24-31/h1-27H. The zero-order valence-electron chi connectivity index (χ0n) is 29.2. The second-order valence-electron chi connectivity index (χ2n) is 13.9. The third-order valence-corrected chi connectivity index (χ3v) is 11.9. The Bertz CT molecular complexity index is 3510. The van der Waals surface area contributed by atoms with E-state index in [1.165, 1.54) is 14.8 Å². The molecule has 0 atom stereocenters. The third-order valence-electron chi connectivity index (χ3n) is 10.7. The van der Waals surface area contributed by atoms with Gasteiger partial charge in [0.2, 0.25) is 0 Å². The monoisotopic (exact) mass is 721 g/mol. The Morgan fingerprint density at radius 1 is 0.345 bits per heavy atom. The normalized spacial score (nSPS) is 12.0. The van der Waals surface area contributed by atoms with Crippen molar-refractivity contribution in [3.05, 3.63) is 164 Å². The van der Waals surface area contributed by atoms with Gasteiger partial charge < -0.3 is 8.83 Å². The van der Waals surface area contributed by atoms with E-state index in [1.54, 1.807) is 11.3 Å². The molecular formula is C49H27N3O2S. The molecule has 5 nitrogen and oxygen atoms in total. The van der Waals surface area contributed by atoms with Crippen LogP contribution in [0, 0.1) is 0 Å². The average Bonchev–Trinajstić information content (AvgIpc) is 3.93. The van der Waals surface area contributed by atoms with E-state index in [4.69, 9.17) is 23.8 Å². The fourth-order valence-corrected chi connectivity index (χ4v) is 9.27. The zero-order chi connectivity index (χ0) is 36.0. The van der Waals surface area contributed by atoms with Gasteiger partial charge in [0, 0.05) is 58.4 Å². The Labute approximate surface area is 317 Å². The number of para-hydroxylation sites is 1. The molecule has 8 aromatic carbocycles. The first-order valence-corrected chi connectivity index (χ1v) is 19.1. The first kappa shape index (κ1) is 30.3. The number of rotatable bonds is 4. The van der Waals surface area contributed by atoms with Crippen molar-refractivity contribution < 1.29 is 8.83 Å². The molecule has 55 heavy (non-hydrogen) atoms. The molecule has 0 aliphatic carbocycles. The number of hydrogen-bond acceptors (Lipinski definition) is 6. The lowest BCUT2D eigenvalue weighted by atomic mass is 10.0. The van der Waals surface area contributed by atoms with Crippen molar-refractivity contribution >= 4 is 86.2 Å². The van der Waals surface area contributed by atoms with Crippen molar-refractivity contribution in [1.29, 1.82) is 0 Å². The highest BCUT2D eigenvalue weighted by Gasteiger charge is 2.21. The molecule has 0 unspecified atom stereocenters. The fourth-order valence-electron chi connectivity index (χ4n) is 8.14. The summed E-state index contributed by atoms with van der Waals surface area (Å²) >= 11 is 1.79. The number of hydrogen-bond donors (Lipinski definition) is 0. The number of thiophene rings is 1. The van der Waals surface area contributed by atoms with Crippen LogP contribution in [0.5, 0.6) is 0 Å². The predicted octanol–water partition coefficient (Wildman–Crippen LogP) is 13.9. The molecule has 0 spiro atoms. The van der Waals surface area contributed by atoms with Crippen molar-refractivity contribution in [2.24, 2.45) is 0 Å². The summed E-state index contributed by atoms with van der Waals surface area (Å²) in [6.07, 6.45) is 0. The van der Waals surface area contributed by atoms with Crippen LogP contribution < -0.4 is 0 Å². The topological polar surface area (TPSA) is 65.0 Å². The SMILES string of the molecule is c1ccc(-c2ccc3c(c2)oc2cccc(-c4nc(-c5ccc6cc7c(cc6c5)oc5ccccc57)nc(-c5cccc6sc7ccccc7c56)n4)c23)cc1. The van der Waals surface area contributed by atoms with E-state index in [2.05, 4.69) is 133 Å². The third kappa shape index (κ3) is 4.75. The Balaban J connectivity index is 1.10. The molecule has 6 heteroatoms. The molecule has 0 fully saturated rings. The van der Waals surface area contributed by atoms with Crippen molar-refractivity contribution in [3.63, 3.8) is 0 Å². The maximum Gasteiger partial charge on any atom is 0.164 e. The molecule has 0 bridgehead atoms. The fraction of sp³-hybridized carbons (Fsp3) is 0. The number of aromatic nitrogens is 3. The summed E-state index contributed by atoms with van der Waals surface area (Å²) in [6, 6.07) is 56.8. The quantitative estimate of drug-likeness (QED) is 0.181. The van der Waals surface area contributed by atoms with Gasteiger partial charge in [-0.15, -0.1) is 11.3 Å². The summed E-state index contributed by atoms with van der Waals surface area (Å²) in [7, 11) is 0. The predicted molar refractivity (Wildman–Crippen MR) is 227 cm³/mol. The van der Waals surface area contributed by atoms with E-state index in [9.17, 15) is 0 Å². The highest BCUT2D eigenvalue weighted by Crippen LogP contribution is 2.42. The van der Waals surface area contributed by atoms with E-state index in [1.807, 2.05) is 30.3 Å². The lowest BCUT2D eigenvalue weighted by Gasteiger charge is -2.11. The van der Waals surface area contributed by atoms with Crippen LogP contribution in [0.4, 0.5) is 0 Å². The van der Waals surface area contributed by atoms with Crippen LogP contribution in [0.15, 0.2) is 173 Å². The van der Waals surface area contributed by atoms with E-state index >= 15 is 0 Å². The summed E-state index contributed by atoms with van der Waals surface area (Å²) < 4.78 is 15.2. The minimum Gasteiger partial charge on any atom is -0.456 e. The van der Waals surface area contributed by atoms with Gasteiger partial charge in [0.15, 0.2) is 17.5 Å². The number of furan rings is 2. The van der Waals surface area contributed by atoms with E-state index < -0.39 is 0 Å². The molecule has 0 radical (unpaired) electrons. The Morgan fingerprint density at radius 3 is 1.91 bits per heavy atom. The second-order valence-corrected chi connectivity index (χ2v) is 15.0. The molecule has 0 saturated carbocycles. The molecule has 12 rings (SSSR count). The minimum atomic E-state index is 0.588. The van der Waals surface area contributed by atoms with Crippen LogP contribution in [0.1, 0.15) is 0 Å². The molecule has 256 valence electrons. The Hall–Kier alpha value is -7.15. The Kier molecular flexibility index (Phi) is 6.44. The highest BCUT2D eigenvalue weighted by molar-refractivity contribution is 7.25. The summed E-state index contributed by atoms with van der Waals surface area (Å²) in [4.78, 5) is 15.8. The molecular weight excluding hydrogens is 695 g/mol. The van der Waals surface area contributed by atoms with Gasteiger partial charge in [-0.25, -0.2) is 15.0 Å². The molecule has 4 aromatic heterocycles. The summed E-state index contributed by atoms with van der Waals surface area (Å²) in [6.45, 7) is 0. The zero-order valence-corrected chi connectivity index (χ0v) is 30.0. The van der Waals surface area contributed by atoms with Gasteiger partial charge >= 0.3 is 0 Å². The maximum atomic E-state index is 6.53. The van der Waals surface area contributed by atoms with E-state index in [-0.39, 0.29) is 0 Å². The molecule has 12 aromatic rings. The molecule has 4 heterocycles. The summed E-state index contributed by atoms with van der Waals surface area (Å²) in [5, 5.41) is 8.73. The first-order valence-electron chi connectivity index (χ1n) is 18.3. The minimum absolute atomic E-state index is 0.588. The molecule has 0 aliphatic heterocycles.